The monoisotopic (exact) mass is 439 g/mol. The molecule has 1 aromatic carbocycles. The number of nitrogens with zero attached hydrogens (tertiary/aromatic N) is 2. The second kappa shape index (κ2) is 7.36. The Morgan fingerprint density at radius 2 is 1.97 bits per heavy atom. The second-order valence-electron chi connectivity index (χ2n) is 7.46. The number of carbonyl (C=O) groups is 5. The van der Waals surface area contributed by atoms with E-state index in [9.17, 15) is 24.0 Å². The molecule has 3 N–H and O–H groups in total. The van der Waals surface area contributed by atoms with Crippen molar-refractivity contribution in [1.82, 2.24) is 20.5 Å². The third kappa shape index (κ3) is 3.22. The van der Waals surface area contributed by atoms with Gasteiger partial charge in [0.25, 0.3) is 11.8 Å². The number of rotatable bonds is 4. The first kappa shape index (κ1) is 19.5. The van der Waals surface area contributed by atoms with Gasteiger partial charge < -0.3 is 10.6 Å². The molecule has 0 spiro atoms. The fourth-order valence-corrected chi connectivity index (χ4v) is 4.96. The van der Waals surface area contributed by atoms with Crippen LogP contribution in [0.4, 0.5) is 5.13 Å². The lowest BCUT2D eigenvalue weighted by Crippen LogP contribution is -2.54. The van der Waals surface area contributed by atoms with E-state index in [-0.39, 0.29) is 42.8 Å². The van der Waals surface area contributed by atoms with E-state index in [1.807, 2.05) is 0 Å². The van der Waals surface area contributed by atoms with Crippen LogP contribution in [0.15, 0.2) is 18.2 Å². The Kier molecular flexibility index (Phi) is 4.63. The van der Waals surface area contributed by atoms with Crippen LogP contribution in [-0.2, 0) is 22.7 Å². The Balaban J connectivity index is 1.39. The molecule has 11 heteroatoms. The molecule has 158 valence electrons. The zero-order valence-corrected chi connectivity index (χ0v) is 17.0. The molecule has 0 aliphatic carbocycles. The number of hydrogen-bond donors (Lipinski definition) is 3. The highest BCUT2D eigenvalue weighted by atomic mass is 32.1. The van der Waals surface area contributed by atoms with Crippen LogP contribution < -0.4 is 16.0 Å². The molecule has 1 fully saturated rings. The van der Waals surface area contributed by atoms with Crippen molar-refractivity contribution in [2.75, 3.05) is 11.9 Å². The summed E-state index contributed by atoms with van der Waals surface area (Å²) in [5.74, 6) is -2.16. The van der Waals surface area contributed by atoms with Crippen LogP contribution in [0.2, 0.25) is 0 Å². The number of imide groups is 2. The molecule has 1 atom stereocenters. The second-order valence-corrected chi connectivity index (χ2v) is 8.46. The number of thiazole rings is 1. The fraction of sp³-hybridized carbons (Fsp3) is 0.300. The largest absolute Gasteiger partial charge is 0.357 e. The van der Waals surface area contributed by atoms with Crippen molar-refractivity contribution in [3.05, 3.63) is 45.5 Å². The van der Waals surface area contributed by atoms with E-state index in [1.165, 1.54) is 11.3 Å². The maximum atomic E-state index is 13.1. The number of carbonyl (C=O) groups excluding carboxylic acids is 5. The summed E-state index contributed by atoms with van der Waals surface area (Å²) >= 11 is 1.26. The predicted molar refractivity (Wildman–Crippen MR) is 109 cm³/mol. The summed E-state index contributed by atoms with van der Waals surface area (Å²) in [5.41, 5.74) is 1.75. The zero-order valence-electron chi connectivity index (χ0n) is 16.2. The van der Waals surface area contributed by atoms with Gasteiger partial charge in [-0.05, 0) is 18.1 Å². The van der Waals surface area contributed by atoms with Gasteiger partial charge in [0.05, 0.1) is 28.2 Å². The third-order valence-electron chi connectivity index (χ3n) is 5.51. The van der Waals surface area contributed by atoms with Crippen LogP contribution in [0.5, 0.6) is 0 Å². The summed E-state index contributed by atoms with van der Waals surface area (Å²) in [6.07, 6.45) is 0.178. The van der Waals surface area contributed by atoms with Crippen molar-refractivity contribution in [2.24, 2.45) is 0 Å². The highest BCUT2D eigenvalue weighted by molar-refractivity contribution is 7.17. The number of anilines is 1. The maximum Gasteiger partial charge on any atom is 0.262 e. The van der Waals surface area contributed by atoms with E-state index < -0.39 is 29.7 Å². The number of amides is 4. The average Bonchev–Trinajstić information content (AvgIpc) is 3.28. The van der Waals surface area contributed by atoms with Crippen LogP contribution in [0.25, 0.3) is 0 Å². The first-order chi connectivity index (χ1) is 14.9. The van der Waals surface area contributed by atoms with Gasteiger partial charge in [-0.25, -0.2) is 4.98 Å². The quantitative estimate of drug-likeness (QED) is 0.584. The summed E-state index contributed by atoms with van der Waals surface area (Å²) < 4.78 is 0. The minimum atomic E-state index is -1.00. The Bertz CT molecular complexity index is 1170. The van der Waals surface area contributed by atoms with Gasteiger partial charge in [0.1, 0.15) is 6.04 Å². The number of nitrogens with one attached hydrogen (secondary N) is 3. The molecular formula is C20H17N5O5S. The molecule has 31 heavy (non-hydrogen) atoms. The number of piperidine rings is 1. The lowest BCUT2D eigenvalue weighted by Gasteiger charge is -2.27. The fourth-order valence-electron chi connectivity index (χ4n) is 4.04. The van der Waals surface area contributed by atoms with Crippen molar-refractivity contribution in [2.45, 2.75) is 32.0 Å². The van der Waals surface area contributed by atoms with Crippen molar-refractivity contribution in [3.8, 4) is 0 Å². The standard InChI is InChI=1S/C20H17N5O5S/c26-13-8-21-7-11-16(13)31-20(23-11)22-6-9-2-1-3-10-15(9)19(30)25(18(10)29)12-4-5-14(27)24-17(12)28/h1-3,12,21H,4-8H2,(H,22,23)(H,24,27,28). The normalized spacial score (nSPS) is 20.6. The summed E-state index contributed by atoms with van der Waals surface area (Å²) in [5, 5.41) is 8.87. The topological polar surface area (TPSA) is 138 Å². The van der Waals surface area contributed by atoms with E-state index in [2.05, 4.69) is 20.9 Å². The van der Waals surface area contributed by atoms with Crippen molar-refractivity contribution in [3.63, 3.8) is 0 Å². The van der Waals surface area contributed by atoms with Gasteiger partial charge in [-0.3, -0.25) is 34.2 Å². The Labute approximate surface area is 180 Å². The number of benzene rings is 1. The predicted octanol–water partition coefficient (Wildman–Crippen LogP) is 0.442. The molecule has 0 bridgehead atoms. The number of Topliss-reactive ketones (excluding diaryl/α,β-unsaturated/α-hetero) is 1. The first-order valence-corrected chi connectivity index (χ1v) is 10.6. The molecule has 5 rings (SSSR count). The van der Waals surface area contributed by atoms with Gasteiger partial charge in [0.2, 0.25) is 11.8 Å². The van der Waals surface area contributed by atoms with Crippen LogP contribution in [0.1, 0.15) is 54.5 Å². The van der Waals surface area contributed by atoms with Crippen molar-refractivity contribution < 1.29 is 24.0 Å². The molecule has 1 saturated heterocycles. The minimum Gasteiger partial charge on any atom is -0.357 e. The van der Waals surface area contributed by atoms with Crippen molar-refractivity contribution >= 4 is 45.9 Å². The maximum absolute atomic E-state index is 13.1. The lowest BCUT2D eigenvalue weighted by molar-refractivity contribution is -0.136. The SMILES string of the molecule is O=C1CCC(N2C(=O)c3cccc(CNc4nc5c(s4)C(=O)CNC5)c3C2=O)C(=O)N1. The summed E-state index contributed by atoms with van der Waals surface area (Å²) in [6, 6.07) is 3.95. The van der Waals surface area contributed by atoms with Gasteiger partial charge in [0, 0.05) is 19.5 Å². The van der Waals surface area contributed by atoms with E-state index in [0.717, 1.165) is 4.90 Å². The molecule has 0 saturated carbocycles. The van der Waals surface area contributed by atoms with Gasteiger partial charge in [0.15, 0.2) is 10.9 Å². The molecule has 2 aromatic rings. The molecule has 4 heterocycles. The van der Waals surface area contributed by atoms with E-state index >= 15 is 0 Å². The number of fused-ring (bicyclic) bond motifs is 2. The summed E-state index contributed by atoms with van der Waals surface area (Å²) in [7, 11) is 0. The third-order valence-corrected chi connectivity index (χ3v) is 6.61. The molecule has 1 unspecified atom stereocenters. The number of ketones is 1. The lowest BCUT2D eigenvalue weighted by atomic mass is 10.0. The highest BCUT2D eigenvalue weighted by Gasteiger charge is 2.45. The molecule has 10 nitrogen and oxygen atoms in total. The minimum absolute atomic E-state index is 0.00643. The molecule has 3 aliphatic rings. The smallest absolute Gasteiger partial charge is 0.262 e. The number of hydrogen-bond acceptors (Lipinski definition) is 9. The average molecular weight is 439 g/mol. The van der Waals surface area contributed by atoms with Gasteiger partial charge in [-0.1, -0.05) is 23.5 Å². The molecule has 0 radical (unpaired) electrons. The Morgan fingerprint density at radius 1 is 1.13 bits per heavy atom. The highest BCUT2D eigenvalue weighted by Crippen LogP contribution is 2.31. The van der Waals surface area contributed by atoms with Crippen molar-refractivity contribution in [1.29, 1.82) is 0 Å². The molecule has 3 aliphatic heterocycles. The van der Waals surface area contributed by atoms with Crippen LogP contribution >= 0.6 is 11.3 Å². The van der Waals surface area contributed by atoms with Gasteiger partial charge in [-0.2, -0.15) is 0 Å². The summed E-state index contributed by atoms with van der Waals surface area (Å²) in [4.78, 5) is 67.6. The van der Waals surface area contributed by atoms with Crippen LogP contribution in [0.3, 0.4) is 0 Å². The molecule has 1 aromatic heterocycles. The Hall–Kier alpha value is -3.44. The molecule has 4 amide bonds. The number of aromatic nitrogens is 1. The van der Waals surface area contributed by atoms with Gasteiger partial charge >= 0.3 is 0 Å². The zero-order chi connectivity index (χ0) is 21.7. The molecular weight excluding hydrogens is 422 g/mol. The van der Waals surface area contributed by atoms with Crippen LogP contribution in [-0.4, -0.2) is 51.9 Å². The Morgan fingerprint density at radius 3 is 2.74 bits per heavy atom. The van der Waals surface area contributed by atoms with E-state index in [4.69, 9.17) is 0 Å². The van der Waals surface area contributed by atoms with Crippen LogP contribution in [0, 0.1) is 0 Å². The first-order valence-electron chi connectivity index (χ1n) is 9.75. The van der Waals surface area contributed by atoms with E-state index in [0.29, 0.717) is 27.8 Å². The summed E-state index contributed by atoms with van der Waals surface area (Å²) in [6.45, 7) is 1.03. The van der Waals surface area contributed by atoms with E-state index in [1.54, 1.807) is 18.2 Å². The van der Waals surface area contributed by atoms with Gasteiger partial charge in [-0.15, -0.1) is 0 Å².